The molecule has 1 fully saturated rings. The van der Waals surface area contributed by atoms with Crippen LogP contribution in [0.4, 0.5) is 0 Å². The molecule has 1 aromatic rings. The van der Waals surface area contributed by atoms with Gasteiger partial charge in [-0.25, -0.2) is 0 Å². The van der Waals surface area contributed by atoms with Crippen LogP contribution in [-0.2, 0) is 11.2 Å². The number of benzene rings is 1. The lowest BCUT2D eigenvalue weighted by molar-refractivity contribution is 0.406. The van der Waals surface area contributed by atoms with Crippen molar-refractivity contribution in [3.63, 3.8) is 0 Å². The van der Waals surface area contributed by atoms with Gasteiger partial charge in [-0.1, -0.05) is 12.1 Å². The lowest BCUT2D eigenvalue weighted by Crippen LogP contribution is -1.92. The van der Waals surface area contributed by atoms with Gasteiger partial charge in [-0.05, 0) is 17.7 Å². The van der Waals surface area contributed by atoms with Crippen LogP contribution in [0.2, 0.25) is 0 Å². The molecule has 2 nitrogen and oxygen atoms in total. The molecule has 1 atom stereocenters. The number of epoxide rings is 1. The molecule has 0 unspecified atom stereocenters. The molecule has 12 heavy (non-hydrogen) atoms. The summed E-state index contributed by atoms with van der Waals surface area (Å²) in [7, 11) is 1.68. The Morgan fingerprint density at radius 1 is 1.42 bits per heavy atom. The van der Waals surface area contributed by atoms with Crippen molar-refractivity contribution >= 4 is 0 Å². The summed E-state index contributed by atoms with van der Waals surface area (Å²) in [5.41, 5.74) is 1.32. The number of hydrogen-bond donors (Lipinski definition) is 0. The van der Waals surface area contributed by atoms with Gasteiger partial charge in [0.2, 0.25) is 0 Å². The van der Waals surface area contributed by atoms with E-state index in [2.05, 4.69) is 12.1 Å². The highest BCUT2D eigenvalue weighted by Crippen LogP contribution is 2.18. The maximum absolute atomic E-state index is 5.14. The summed E-state index contributed by atoms with van der Waals surface area (Å²) in [4.78, 5) is 0. The van der Waals surface area contributed by atoms with Crippen LogP contribution >= 0.6 is 0 Å². The van der Waals surface area contributed by atoms with E-state index in [1.807, 2.05) is 12.1 Å². The van der Waals surface area contributed by atoms with Crippen molar-refractivity contribution in [1.82, 2.24) is 0 Å². The third kappa shape index (κ3) is 1.77. The van der Waals surface area contributed by atoms with E-state index in [0.29, 0.717) is 6.10 Å². The molecule has 1 saturated heterocycles. The first-order valence-electron chi connectivity index (χ1n) is 4.13. The van der Waals surface area contributed by atoms with E-state index >= 15 is 0 Å². The zero-order valence-corrected chi connectivity index (χ0v) is 7.12. The number of methoxy groups -OCH3 is 1. The number of rotatable bonds is 3. The summed E-state index contributed by atoms with van der Waals surface area (Å²) in [6, 6.07) is 8.14. The van der Waals surface area contributed by atoms with Gasteiger partial charge in [0.15, 0.2) is 0 Å². The summed E-state index contributed by atoms with van der Waals surface area (Å²) in [6.07, 6.45) is 1.50. The molecule has 1 aliphatic rings. The van der Waals surface area contributed by atoms with Gasteiger partial charge in [0.25, 0.3) is 0 Å². The van der Waals surface area contributed by atoms with Crippen LogP contribution in [0.3, 0.4) is 0 Å². The second-order valence-electron chi connectivity index (χ2n) is 3.01. The Hall–Kier alpha value is -1.02. The van der Waals surface area contributed by atoms with Gasteiger partial charge < -0.3 is 9.47 Å². The summed E-state index contributed by atoms with van der Waals surface area (Å²) in [5.74, 6) is 0.912. The van der Waals surface area contributed by atoms with Gasteiger partial charge in [-0.15, -0.1) is 0 Å². The molecule has 64 valence electrons. The van der Waals surface area contributed by atoms with E-state index in [9.17, 15) is 0 Å². The molecule has 0 aliphatic carbocycles. The Morgan fingerprint density at radius 3 is 2.58 bits per heavy atom. The maximum Gasteiger partial charge on any atom is 0.118 e. The standard InChI is InChI=1S/C10H12O2/c1-11-9-4-2-8(3-5-9)6-10-7-12-10/h2-5,10H,6-7H2,1H3/t10-/m1/s1. The van der Waals surface area contributed by atoms with Gasteiger partial charge in [0.05, 0.1) is 19.8 Å². The first-order valence-corrected chi connectivity index (χ1v) is 4.13. The van der Waals surface area contributed by atoms with E-state index in [1.165, 1.54) is 5.56 Å². The maximum atomic E-state index is 5.14. The lowest BCUT2D eigenvalue weighted by Gasteiger charge is -2.00. The second kappa shape index (κ2) is 3.15. The Labute approximate surface area is 72.1 Å². The molecule has 0 N–H and O–H groups in total. The van der Waals surface area contributed by atoms with Gasteiger partial charge >= 0.3 is 0 Å². The molecule has 1 aromatic carbocycles. The Bertz CT molecular complexity index is 249. The summed E-state index contributed by atoms with van der Waals surface area (Å²) in [5, 5.41) is 0. The second-order valence-corrected chi connectivity index (χ2v) is 3.01. The molecule has 2 rings (SSSR count). The molecule has 0 amide bonds. The lowest BCUT2D eigenvalue weighted by atomic mass is 10.1. The fourth-order valence-electron chi connectivity index (χ4n) is 1.21. The highest BCUT2D eigenvalue weighted by molar-refractivity contribution is 5.27. The molecule has 0 aromatic heterocycles. The van der Waals surface area contributed by atoms with E-state index in [-0.39, 0.29) is 0 Å². The highest BCUT2D eigenvalue weighted by atomic mass is 16.6. The Morgan fingerprint density at radius 2 is 2.08 bits per heavy atom. The predicted molar refractivity (Wildman–Crippen MR) is 46.4 cm³/mol. The molecule has 1 aliphatic heterocycles. The van der Waals surface area contributed by atoms with Crippen molar-refractivity contribution in [1.29, 1.82) is 0 Å². The largest absolute Gasteiger partial charge is 0.497 e. The van der Waals surface area contributed by atoms with Crippen molar-refractivity contribution in [3.8, 4) is 5.75 Å². The number of hydrogen-bond acceptors (Lipinski definition) is 2. The zero-order chi connectivity index (χ0) is 8.39. The van der Waals surface area contributed by atoms with Crippen LogP contribution in [0, 0.1) is 0 Å². The molecular weight excluding hydrogens is 152 g/mol. The van der Waals surface area contributed by atoms with Crippen LogP contribution in [0.1, 0.15) is 5.56 Å². The molecular formula is C10H12O2. The van der Waals surface area contributed by atoms with E-state index in [4.69, 9.17) is 9.47 Å². The van der Waals surface area contributed by atoms with E-state index in [0.717, 1.165) is 18.8 Å². The minimum Gasteiger partial charge on any atom is -0.497 e. The molecule has 0 radical (unpaired) electrons. The van der Waals surface area contributed by atoms with Crippen molar-refractivity contribution < 1.29 is 9.47 Å². The zero-order valence-electron chi connectivity index (χ0n) is 7.12. The van der Waals surface area contributed by atoms with Gasteiger partial charge in [0, 0.05) is 6.42 Å². The van der Waals surface area contributed by atoms with Crippen LogP contribution in [0.15, 0.2) is 24.3 Å². The predicted octanol–water partition coefficient (Wildman–Crippen LogP) is 1.64. The first-order chi connectivity index (χ1) is 5.88. The summed E-state index contributed by atoms with van der Waals surface area (Å²) < 4.78 is 10.2. The fraction of sp³-hybridized carbons (Fsp3) is 0.400. The molecule has 0 bridgehead atoms. The molecule has 0 saturated carbocycles. The normalized spacial score (nSPS) is 20.6. The monoisotopic (exact) mass is 164 g/mol. The fourth-order valence-corrected chi connectivity index (χ4v) is 1.21. The average Bonchev–Trinajstić information content (AvgIpc) is 2.90. The summed E-state index contributed by atoms with van der Waals surface area (Å²) in [6.45, 7) is 0.923. The van der Waals surface area contributed by atoms with Gasteiger partial charge in [-0.2, -0.15) is 0 Å². The van der Waals surface area contributed by atoms with Gasteiger partial charge in [0.1, 0.15) is 5.75 Å². The molecule has 0 spiro atoms. The van der Waals surface area contributed by atoms with Crippen LogP contribution in [0.5, 0.6) is 5.75 Å². The number of ether oxygens (including phenoxy) is 2. The quantitative estimate of drug-likeness (QED) is 0.633. The minimum absolute atomic E-state index is 0.471. The van der Waals surface area contributed by atoms with Crippen molar-refractivity contribution in [2.24, 2.45) is 0 Å². The molecule has 1 heterocycles. The van der Waals surface area contributed by atoms with E-state index in [1.54, 1.807) is 7.11 Å². The minimum atomic E-state index is 0.471. The van der Waals surface area contributed by atoms with Gasteiger partial charge in [-0.3, -0.25) is 0 Å². The highest BCUT2D eigenvalue weighted by Gasteiger charge is 2.22. The smallest absolute Gasteiger partial charge is 0.118 e. The average molecular weight is 164 g/mol. The van der Waals surface area contributed by atoms with Crippen LogP contribution in [0.25, 0.3) is 0 Å². The Kier molecular flexibility index (Phi) is 2.00. The van der Waals surface area contributed by atoms with Crippen LogP contribution < -0.4 is 4.74 Å². The third-order valence-electron chi connectivity index (χ3n) is 2.02. The van der Waals surface area contributed by atoms with Crippen molar-refractivity contribution in [3.05, 3.63) is 29.8 Å². The topological polar surface area (TPSA) is 21.8 Å². The van der Waals surface area contributed by atoms with Crippen LogP contribution in [-0.4, -0.2) is 19.8 Å². The summed E-state index contributed by atoms with van der Waals surface area (Å²) >= 11 is 0. The van der Waals surface area contributed by atoms with E-state index < -0.39 is 0 Å². The van der Waals surface area contributed by atoms with Crippen molar-refractivity contribution in [2.75, 3.05) is 13.7 Å². The van der Waals surface area contributed by atoms with Crippen molar-refractivity contribution in [2.45, 2.75) is 12.5 Å². The SMILES string of the molecule is COc1ccc(C[C@@H]2CO2)cc1. The first kappa shape index (κ1) is 7.62. The Balaban J connectivity index is 2.02. The molecule has 2 heteroatoms. The third-order valence-corrected chi connectivity index (χ3v) is 2.02.